The second kappa shape index (κ2) is 6.44. The van der Waals surface area contributed by atoms with Gasteiger partial charge in [0.05, 0.1) is 21.8 Å². The minimum atomic E-state index is -4.44. The Hall–Kier alpha value is -1.60. The van der Waals surface area contributed by atoms with Crippen molar-refractivity contribution >= 4 is 45.2 Å². The molecule has 0 aromatic heterocycles. The number of nitrogens with zero attached hydrogens (tertiary/aromatic N) is 1. The SMILES string of the molecule is O=S(=O)([O-])c1ccc(N/N=C/c2ccc(Cl)cc2Cl)cc1. The molecule has 1 N–H and O–H groups in total. The van der Waals surface area contributed by atoms with Gasteiger partial charge in [-0.25, -0.2) is 8.42 Å². The van der Waals surface area contributed by atoms with Gasteiger partial charge in [0.15, 0.2) is 0 Å². The van der Waals surface area contributed by atoms with Gasteiger partial charge in [-0.3, -0.25) is 5.43 Å². The highest BCUT2D eigenvalue weighted by atomic mass is 35.5. The first kappa shape index (κ1) is 15.8. The molecule has 0 spiro atoms. The van der Waals surface area contributed by atoms with E-state index in [-0.39, 0.29) is 4.90 Å². The van der Waals surface area contributed by atoms with Crippen molar-refractivity contribution in [3.8, 4) is 0 Å². The van der Waals surface area contributed by atoms with Gasteiger partial charge < -0.3 is 4.55 Å². The Balaban J connectivity index is 2.07. The third kappa shape index (κ3) is 4.44. The third-order valence-corrected chi connectivity index (χ3v) is 3.91. The first-order valence-electron chi connectivity index (χ1n) is 5.66. The Morgan fingerprint density at radius 2 is 1.76 bits per heavy atom. The average molecular weight is 344 g/mol. The Kier molecular flexibility index (Phi) is 4.84. The van der Waals surface area contributed by atoms with Gasteiger partial charge >= 0.3 is 0 Å². The average Bonchev–Trinajstić information content (AvgIpc) is 2.41. The lowest BCUT2D eigenvalue weighted by Gasteiger charge is -2.07. The van der Waals surface area contributed by atoms with E-state index in [0.717, 1.165) is 0 Å². The van der Waals surface area contributed by atoms with Crippen LogP contribution in [-0.2, 0) is 10.1 Å². The molecule has 0 saturated heterocycles. The zero-order valence-electron chi connectivity index (χ0n) is 10.5. The van der Waals surface area contributed by atoms with Crippen molar-refractivity contribution in [1.29, 1.82) is 0 Å². The van der Waals surface area contributed by atoms with E-state index in [1.165, 1.54) is 30.5 Å². The van der Waals surface area contributed by atoms with Gasteiger partial charge in [-0.15, -0.1) is 0 Å². The maximum atomic E-state index is 10.8. The van der Waals surface area contributed by atoms with Crippen molar-refractivity contribution in [3.63, 3.8) is 0 Å². The lowest BCUT2D eigenvalue weighted by atomic mass is 10.2. The molecular weight excluding hydrogens is 335 g/mol. The van der Waals surface area contributed by atoms with Crippen LogP contribution in [0.25, 0.3) is 0 Å². The van der Waals surface area contributed by atoms with E-state index in [4.69, 9.17) is 23.2 Å². The van der Waals surface area contributed by atoms with E-state index < -0.39 is 10.1 Å². The summed E-state index contributed by atoms with van der Waals surface area (Å²) in [6, 6.07) is 10.3. The van der Waals surface area contributed by atoms with Crippen LogP contribution in [0.3, 0.4) is 0 Å². The quantitative estimate of drug-likeness (QED) is 0.524. The molecule has 8 heteroatoms. The van der Waals surface area contributed by atoms with Gasteiger partial charge in [-0.2, -0.15) is 5.10 Å². The number of rotatable bonds is 4. The molecule has 0 bridgehead atoms. The Labute approximate surface area is 132 Å². The molecule has 0 heterocycles. The molecule has 0 unspecified atom stereocenters. The van der Waals surface area contributed by atoms with Crippen LogP contribution in [-0.4, -0.2) is 19.2 Å². The molecule has 0 radical (unpaired) electrons. The van der Waals surface area contributed by atoms with Gasteiger partial charge in [-0.1, -0.05) is 29.3 Å². The van der Waals surface area contributed by atoms with E-state index >= 15 is 0 Å². The second-order valence-electron chi connectivity index (χ2n) is 4.01. The first-order valence-corrected chi connectivity index (χ1v) is 7.83. The highest BCUT2D eigenvalue weighted by molar-refractivity contribution is 7.85. The van der Waals surface area contributed by atoms with Gasteiger partial charge in [0.1, 0.15) is 10.1 Å². The van der Waals surface area contributed by atoms with Crippen LogP contribution in [0.5, 0.6) is 0 Å². The molecule has 2 aromatic carbocycles. The lowest BCUT2D eigenvalue weighted by molar-refractivity contribution is 0.463. The molecule has 0 saturated carbocycles. The standard InChI is InChI=1S/C13H10Cl2N2O3S/c14-10-2-1-9(13(15)7-10)8-16-17-11-3-5-12(6-4-11)21(18,19)20/h1-8,17H,(H,18,19,20)/p-1/b16-8+. The third-order valence-electron chi connectivity index (χ3n) is 2.50. The van der Waals surface area contributed by atoms with Gasteiger partial charge in [0.25, 0.3) is 0 Å². The van der Waals surface area contributed by atoms with Crippen molar-refractivity contribution in [3.05, 3.63) is 58.1 Å². The normalized spacial score (nSPS) is 11.8. The summed E-state index contributed by atoms with van der Waals surface area (Å²) in [7, 11) is -4.44. The number of nitrogens with one attached hydrogen (secondary N) is 1. The molecule has 0 fully saturated rings. The number of hydrazone groups is 1. The summed E-state index contributed by atoms with van der Waals surface area (Å²) in [6.07, 6.45) is 1.50. The van der Waals surface area contributed by atoms with Crippen molar-refractivity contribution in [2.75, 3.05) is 5.43 Å². The summed E-state index contributed by atoms with van der Waals surface area (Å²) < 4.78 is 32.3. The van der Waals surface area contributed by atoms with Crippen LogP contribution in [0.4, 0.5) is 5.69 Å². The van der Waals surface area contributed by atoms with E-state index in [1.54, 1.807) is 18.2 Å². The summed E-state index contributed by atoms with van der Waals surface area (Å²) in [5.41, 5.74) is 3.90. The van der Waals surface area contributed by atoms with Crippen molar-refractivity contribution in [1.82, 2.24) is 0 Å². The minimum absolute atomic E-state index is 0.294. The fourth-order valence-corrected chi connectivity index (χ4v) is 2.41. The monoisotopic (exact) mass is 343 g/mol. The first-order chi connectivity index (χ1) is 9.86. The minimum Gasteiger partial charge on any atom is -0.744 e. The molecule has 0 amide bonds. The molecule has 5 nitrogen and oxygen atoms in total. The molecule has 21 heavy (non-hydrogen) atoms. The van der Waals surface area contributed by atoms with Crippen molar-refractivity contribution in [2.24, 2.45) is 5.10 Å². The van der Waals surface area contributed by atoms with Crippen molar-refractivity contribution in [2.45, 2.75) is 4.90 Å². The fraction of sp³-hybridized carbons (Fsp3) is 0. The molecule has 0 atom stereocenters. The molecule has 2 rings (SSSR count). The van der Waals surface area contributed by atoms with Crippen LogP contribution < -0.4 is 5.43 Å². The van der Waals surface area contributed by atoms with E-state index in [9.17, 15) is 13.0 Å². The number of halogens is 2. The van der Waals surface area contributed by atoms with Gasteiger partial charge in [0.2, 0.25) is 0 Å². The summed E-state index contributed by atoms with van der Waals surface area (Å²) in [4.78, 5) is -0.294. The summed E-state index contributed by atoms with van der Waals surface area (Å²) in [6.45, 7) is 0. The molecule has 0 aliphatic heterocycles. The highest BCUT2D eigenvalue weighted by Gasteiger charge is 2.00. The Bertz CT molecular complexity index is 775. The number of hydrogen-bond donors (Lipinski definition) is 1. The zero-order valence-corrected chi connectivity index (χ0v) is 12.8. The maximum Gasteiger partial charge on any atom is 0.124 e. The molecule has 110 valence electrons. The highest BCUT2D eigenvalue weighted by Crippen LogP contribution is 2.19. The van der Waals surface area contributed by atoms with Gasteiger partial charge in [-0.05, 0) is 36.4 Å². The van der Waals surface area contributed by atoms with Crippen LogP contribution in [0, 0.1) is 0 Å². The van der Waals surface area contributed by atoms with Crippen LogP contribution >= 0.6 is 23.2 Å². The Morgan fingerprint density at radius 1 is 1.10 bits per heavy atom. The zero-order chi connectivity index (χ0) is 15.5. The summed E-state index contributed by atoms with van der Waals surface area (Å²) in [5, 5.41) is 4.95. The number of anilines is 1. The van der Waals surface area contributed by atoms with E-state index in [1.807, 2.05) is 0 Å². The maximum absolute atomic E-state index is 10.8. The summed E-state index contributed by atoms with van der Waals surface area (Å²) >= 11 is 11.8. The number of benzene rings is 2. The molecule has 0 aliphatic rings. The van der Waals surface area contributed by atoms with Crippen LogP contribution in [0.1, 0.15) is 5.56 Å². The molecule has 2 aromatic rings. The van der Waals surface area contributed by atoms with Crippen molar-refractivity contribution < 1.29 is 13.0 Å². The van der Waals surface area contributed by atoms with Gasteiger partial charge in [0, 0.05) is 10.6 Å². The van der Waals surface area contributed by atoms with E-state index in [2.05, 4.69) is 10.5 Å². The molecular formula is C13H9Cl2N2O3S-. The summed E-state index contributed by atoms with van der Waals surface area (Å²) in [5.74, 6) is 0. The lowest BCUT2D eigenvalue weighted by Crippen LogP contribution is -1.98. The second-order valence-corrected chi connectivity index (χ2v) is 6.24. The van der Waals surface area contributed by atoms with Crippen LogP contribution in [0.2, 0.25) is 10.0 Å². The largest absolute Gasteiger partial charge is 0.744 e. The Morgan fingerprint density at radius 3 is 2.33 bits per heavy atom. The van der Waals surface area contributed by atoms with Crippen LogP contribution in [0.15, 0.2) is 52.5 Å². The predicted molar refractivity (Wildman–Crippen MR) is 82.1 cm³/mol. The smallest absolute Gasteiger partial charge is 0.124 e. The fourth-order valence-electron chi connectivity index (χ4n) is 1.48. The predicted octanol–water partition coefficient (Wildman–Crippen LogP) is 3.34. The molecule has 0 aliphatic carbocycles. The topological polar surface area (TPSA) is 81.6 Å². The number of hydrogen-bond acceptors (Lipinski definition) is 5. The van der Waals surface area contributed by atoms with E-state index in [0.29, 0.717) is 21.3 Å².